The summed E-state index contributed by atoms with van der Waals surface area (Å²) in [6, 6.07) is 0. The van der Waals surface area contributed by atoms with Gasteiger partial charge in [-0.15, -0.1) is 0 Å². The quantitative estimate of drug-likeness (QED) is 0.659. The van der Waals surface area contributed by atoms with Crippen molar-refractivity contribution in [3.05, 3.63) is 0 Å². The largest absolute Gasteiger partial charge is 0.396 e. The van der Waals surface area contributed by atoms with Crippen LogP contribution in [0.15, 0.2) is 0 Å². The van der Waals surface area contributed by atoms with Crippen LogP contribution in [-0.4, -0.2) is 36.2 Å². The maximum Gasteiger partial charge on any atom is 0.0431 e. The molecule has 1 aliphatic carbocycles. The number of likely N-dealkylation sites (tertiary alicyclic amines) is 1. The Morgan fingerprint density at radius 2 is 1.71 bits per heavy atom. The zero-order valence-electron chi connectivity index (χ0n) is 9.17. The smallest absolute Gasteiger partial charge is 0.0431 e. The molecule has 0 amide bonds. The Hall–Kier alpha value is -0.0800. The lowest BCUT2D eigenvalue weighted by molar-refractivity contribution is -0.0600. The molecule has 2 aliphatic rings. The molecule has 1 saturated heterocycles. The first-order chi connectivity index (χ1) is 6.85. The molecular formula is C12H23NO. The van der Waals surface area contributed by atoms with E-state index in [1.54, 1.807) is 0 Å². The maximum atomic E-state index is 8.63. The Bertz CT molecular complexity index is 169. The number of nitrogens with zero attached hydrogens (tertiary/aromatic N) is 1. The molecular weight excluding hydrogens is 174 g/mol. The maximum absolute atomic E-state index is 8.63. The number of unbranched alkanes of at least 4 members (excludes halogenated alkanes) is 3. The van der Waals surface area contributed by atoms with E-state index >= 15 is 0 Å². The van der Waals surface area contributed by atoms with Crippen molar-refractivity contribution < 1.29 is 5.11 Å². The lowest BCUT2D eigenvalue weighted by Gasteiger charge is -2.56. The minimum Gasteiger partial charge on any atom is -0.396 e. The van der Waals surface area contributed by atoms with E-state index in [9.17, 15) is 0 Å². The fourth-order valence-corrected chi connectivity index (χ4v) is 2.85. The highest BCUT2D eigenvalue weighted by Gasteiger charge is 2.46. The van der Waals surface area contributed by atoms with Crippen LogP contribution < -0.4 is 0 Å². The van der Waals surface area contributed by atoms with Gasteiger partial charge in [0.2, 0.25) is 0 Å². The molecule has 1 N–H and O–H groups in total. The summed E-state index contributed by atoms with van der Waals surface area (Å²) < 4.78 is 0. The summed E-state index contributed by atoms with van der Waals surface area (Å²) in [5, 5.41) is 8.63. The van der Waals surface area contributed by atoms with Crippen molar-refractivity contribution in [2.75, 3.05) is 26.2 Å². The fourth-order valence-electron chi connectivity index (χ4n) is 2.85. The van der Waals surface area contributed by atoms with Crippen LogP contribution in [-0.2, 0) is 0 Å². The van der Waals surface area contributed by atoms with Crippen LogP contribution in [0.1, 0.15) is 44.9 Å². The van der Waals surface area contributed by atoms with E-state index < -0.39 is 0 Å². The first kappa shape index (κ1) is 10.4. The van der Waals surface area contributed by atoms with Crippen LogP contribution in [0.4, 0.5) is 0 Å². The Morgan fingerprint density at radius 1 is 1.00 bits per heavy atom. The van der Waals surface area contributed by atoms with Gasteiger partial charge in [-0.2, -0.15) is 0 Å². The van der Waals surface area contributed by atoms with Crippen LogP contribution in [0, 0.1) is 5.41 Å². The second kappa shape index (κ2) is 4.63. The van der Waals surface area contributed by atoms with Crippen LogP contribution in [0.5, 0.6) is 0 Å². The minimum atomic E-state index is 0.368. The molecule has 0 bridgehead atoms. The van der Waals surface area contributed by atoms with Crippen molar-refractivity contribution in [1.82, 2.24) is 4.90 Å². The molecule has 14 heavy (non-hydrogen) atoms. The van der Waals surface area contributed by atoms with E-state index in [1.807, 2.05) is 0 Å². The lowest BCUT2D eigenvalue weighted by atomic mass is 9.63. The van der Waals surface area contributed by atoms with Crippen LogP contribution in [0.2, 0.25) is 0 Å². The van der Waals surface area contributed by atoms with Gasteiger partial charge in [0.25, 0.3) is 0 Å². The lowest BCUT2D eigenvalue weighted by Crippen LogP contribution is -2.59. The predicted molar refractivity (Wildman–Crippen MR) is 58.3 cm³/mol. The number of aliphatic hydroxyl groups excluding tert-OH is 1. The molecule has 0 atom stereocenters. The molecule has 2 heteroatoms. The van der Waals surface area contributed by atoms with Crippen molar-refractivity contribution in [3.63, 3.8) is 0 Å². The summed E-state index contributed by atoms with van der Waals surface area (Å²) in [6.07, 6.45) is 9.28. The molecule has 1 spiro atoms. The van der Waals surface area contributed by atoms with Gasteiger partial charge in [-0.1, -0.05) is 19.3 Å². The molecule has 82 valence electrons. The van der Waals surface area contributed by atoms with E-state index in [4.69, 9.17) is 5.11 Å². The second-order valence-electron chi connectivity index (χ2n) is 5.20. The molecule has 0 aromatic carbocycles. The van der Waals surface area contributed by atoms with Gasteiger partial charge in [-0.25, -0.2) is 0 Å². The summed E-state index contributed by atoms with van der Waals surface area (Å²) in [6.45, 7) is 4.43. The summed E-state index contributed by atoms with van der Waals surface area (Å²) in [5.41, 5.74) is 0.797. The average Bonchev–Trinajstić information content (AvgIpc) is 2.04. The van der Waals surface area contributed by atoms with E-state index in [-0.39, 0.29) is 0 Å². The van der Waals surface area contributed by atoms with Gasteiger partial charge in [-0.05, 0) is 37.6 Å². The van der Waals surface area contributed by atoms with Gasteiger partial charge in [0.05, 0.1) is 0 Å². The van der Waals surface area contributed by atoms with Crippen molar-refractivity contribution in [2.45, 2.75) is 44.9 Å². The Morgan fingerprint density at radius 3 is 2.29 bits per heavy atom. The van der Waals surface area contributed by atoms with Gasteiger partial charge < -0.3 is 10.0 Å². The molecule has 2 fully saturated rings. The third-order valence-corrected chi connectivity index (χ3v) is 3.91. The monoisotopic (exact) mass is 197 g/mol. The van der Waals surface area contributed by atoms with Gasteiger partial charge in [-0.3, -0.25) is 0 Å². The van der Waals surface area contributed by atoms with Crippen LogP contribution in [0.25, 0.3) is 0 Å². The molecule has 1 heterocycles. The van der Waals surface area contributed by atoms with Gasteiger partial charge in [0.15, 0.2) is 0 Å². The van der Waals surface area contributed by atoms with E-state index in [2.05, 4.69) is 4.90 Å². The number of aliphatic hydroxyl groups is 1. The van der Waals surface area contributed by atoms with Crippen molar-refractivity contribution in [3.8, 4) is 0 Å². The first-order valence-corrected chi connectivity index (χ1v) is 6.18. The van der Waals surface area contributed by atoms with E-state index in [1.165, 1.54) is 58.2 Å². The Balaban J connectivity index is 1.44. The van der Waals surface area contributed by atoms with Gasteiger partial charge >= 0.3 is 0 Å². The molecule has 0 unspecified atom stereocenters. The third kappa shape index (κ3) is 2.29. The zero-order chi connectivity index (χ0) is 9.86. The molecule has 0 radical (unpaired) electrons. The first-order valence-electron chi connectivity index (χ1n) is 6.18. The Kier molecular flexibility index (Phi) is 3.45. The predicted octanol–water partition coefficient (Wildman–Crippen LogP) is 2.02. The minimum absolute atomic E-state index is 0.368. The molecule has 1 saturated carbocycles. The third-order valence-electron chi connectivity index (χ3n) is 3.91. The summed E-state index contributed by atoms with van der Waals surface area (Å²) in [4.78, 5) is 2.61. The van der Waals surface area contributed by atoms with Gasteiger partial charge in [0.1, 0.15) is 0 Å². The van der Waals surface area contributed by atoms with E-state index in [0.29, 0.717) is 6.61 Å². The molecule has 2 nitrogen and oxygen atoms in total. The second-order valence-corrected chi connectivity index (χ2v) is 5.20. The molecule has 0 aromatic heterocycles. The number of rotatable bonds is 6. The molecule has 0 aromatic rings. The Labute approximate surface area is 87.3 Å². The number of hydrogen-bond acceptors (Lipinski definition) is 2. The summed E-state index contributed by atoms with van der Waals surface area (Å²) in [7, 11) is 0. The van der Waals surface area contributed by atoms with Crippen LogP contribution >= 0.6 is 0 Å². The fraction of sp³-hybridized carbons (Fsp3) is 1.00. The summed E-state index contributed by atoms with van der Waals surface area (Å²) >= 11 is 0. The van der Waals surface area contributed by atoms with Crippen molar-refractivity contribution in [2.24, 2.45) is 5.41 Å². The highest BCUT2D eigenvalue weighted by Crippen LogP contribution is 2.47. The summed E-state index contributed by atoms with van der Waals surface area (Å²) in [5.74, 6) is 0. The molecule has 2 rings (SSSR count). The number of hydrogen-bond donors (Lipinski definition) is 1. The molecule has 1 aliphatic heterocycles. The van der Waals surface area contributed by atoms with E-state index in [0.717, 1.165) is 11.8 Å². The standard InChI is InChI=1S/C12H23NO/c14-9-4-2-1-3-8-13-10-12(11-13)6-5-7-12/h14H,1-11H2. The van der Waals surface area contributed by atoms with Gasteiger partial charge in [0, 0.05) is 19.7 Å². The van der Waals surface area contributed by atoms with Crippen LogP contribution in [0.3, 0.4) is 0 Å². The normalized spacial score (nSPS) is 24.6. The topological polar surface area (TPSA) is 23.5 Å². The zero-order valence-corrected chi connectivity index (χ0v) is 9.17. The highest BCUT2D eigenvalue weighted by atomic mass is 16.2. The average molecular weight is 197 g/mol. The highest BCUT2D eigenvalue weighted by molar-refractivity contribution is 5.00. The van der Waals surface area contributed by atoms with Crippen molar-refractivity contribution >= 4 is 0 Å². The van der Waals surface area contributed by atoms with Crippen molar-refractivity contribution in [1.29, 1.82) is 0 Å². The SMILES string of the molecule is OCCCCCCN1CC2(CCC2)C1.